The molecule has 1 aromatic heterocycles. The minimum absolute atomic E-state index is 0.217. The molecule has 4 rings (SSSR count). The number of para-hydroxylation sites is 1. The fraction of sp³-hybridized carbons (Fsp3) is 0.179. The van der Waals surface area contributed by atoms with Gasteiger partial charge in [-0.1, -0.05) is 54.6 Å². The summed E-state index contributed by atoms with van der Waals surface area (Å²) < 4.78 is 1.92. The molecule has 2 amide bonds. The van der Waals surface area contributed by atoms with Gasteiger partial charge in [-0.3, -0.25) is 14.3 Å². The van der Waals surface area contributed by atoms with Gasteiger partial charge in [0.05, 0.1) is 23.5 Å². The summed E-state index contributed by atoms with van der Waals surface area (Å²) in [6.45, 7) is 5.07. The quantitative estimate of drug-likeness (QED) is 0.404. The molecule has 0 aliphatic heterocycles. The Bertz CT molecular complexity index is 1290. The molecule has 3 aromatic carbocycles. The summed E-state index contributed by atoms with van der Waals surface area (Å²) in [5.41, 5.74) is 5.61. The molecule has 0 unspecified atom stereocenters. The van der Waals surface area contributed by atoms with Crippen molar-refractivity contribution in [3.8, 4) is 0 Å². The molecule has 0 fully saturated rings. The molecular weight excluding hydrogens is 424 g/mol. The zero-order valence-corrected chi connectivity index (χ0v) is 19.4. The van der Waals surface area contributed by atoms with Gasteiger partial charge in [-0.05, 0) is 61.7 Å². The minimum atomic E-state index is -0.264. The van der Waals surface area contributed by atoms with Gasteiger partial charge in [0.15, 0.2) is 0 Å². The molecule has 0 atom stereocenters. The Kier molecular flexibility index (Phi) is 7.18. The molecule has 0 spiro atoms. The van der Waals surface area contributed by atoms with Crippen LogP contribution in [0, 0.1) is 13.8 Å². The third-order valence-electron chi connectivity index (χ3n) is 5.59. The van der Waals surface area contributed by atoms with Crippen molar-refractivity contribution in [1.29, 1.82) is 0 Å². The Morgan fingerprint density at radius 2 is 1.56 bits per heavy atom. The standard InChI is InChI=1S/C28H28N4O2/c1-20-17-21(2)32(31-20)19-23-11-8-12-24(18-23)27(33)30-26-14-7-6-13-25(26)28(34)29-16-15-22-9-4-3-5-10-22/h3-14,17-18H,15-16,19H2,1-2H3,(H,29,34)(H,30,33). The van der Waals surface area contributed by atoms with Crippen LogP contribution in [-0.2, 0) is 13.0 Å². The molecule has 6 heteroatoms. The van der Waals surface area contributed by atoms with Crippen LogP contribution in [0.3, 0.4) is 0 Å². The summed E-state index contributed by atoms with van der Waals surface area (Å²) in [6, 6.07) is 26.5. The molecule has 2 N–H and O–H groups in total. The van der Waals surface area contributed by atoms with E-state index in [0.717, 1.165) is 28.9 Å². The molecule has 34 heavy (non-hydrogen) atoms. The van der Waals surface area contributed by atoms with Gasteiger partial charge < -0.3 is 10.6 Å². The fourth-order valence-electron chi connectivity index (χ4n) is 3.86. The number of aryl methyl sites for hydroxylation is 2. The first-order chi connectivity index (χ1) is 16.5. The van der Waals surface area contributed by atoms with E-state index < -0.39 is 0 Å². The van der Waals surface area contributed by atoms with E-state index in [1.165, 1.54) is 0 Å². The number of amides is 2. The number of benzene rings is 3. The van der Waals surface area contributed by atoms with Crippen LogP contribution in [0.4, 0.5) is 5.69 Å². The summed E-state index contributed by atoms with van der Waals surface area (Å²) in [7, 11) is 0. The Hall–Kier alpha value is -4.19. The zero-order chi connectivity index (χ0) is 23.9. The molecule has 1 heterocycles. The number of nitrogens with one attached hydrogen (secondary N) is 2. The van der Waals surface area contributed by atoms with Gasteiger partial charge in [0, 0.05) is 17.8 Å². The highest BCUT2D eigenvalue weighted by Gasteiger charge is 2.14. The van der Waals surface area contributed by atoms with E-state index in [1.54, 1.807) is 30.3 Å². The van der Waals surface area contributed by atoms with E-state index in [9.17, 15) is 9.59 Å². The average molecular weight is 453 g/mol. The van der Waals surface area contributed by atoms with Crippen LogP contribution in [-0.4, -0.2) is 28.1 Å². The fourth-order valence-corrected chi connectivity index (χ4v) is 3.86. The second-order valence-corrected chi connectivity index (χ2v) is 8.28. The van der Waals surface area contributed by atoms with Crippen molar-refractivity contribution in [3.63, 3.8) is 0 Å². The molecule has 0 radical (unpaired) electrons. The molecule has 0 aliphatic carbocycles. The largest absolute Gasteiger partial charge is 0.352 e. The lowest BCUT2D eigenvalue weighted by Crippen LogP contribution is -2.27. The summed E-state index contributed by atoms with van der Waals surface area (Å²) in [5.74, 6) is -0.482. The number of carbonyl (C=O) groups is 2. The predicted molar refractivity (Wildman–Crippen MR) is 134 cm³/mol. The number of hydrogen-bond donors (Lipinski definition) is 2. The molecule has 0 saturated heterocycles. The first-order valence-electron chi connectivity index (χ1n) is 11.3. The van der Waals surface area contributed by atoms with Gasteiger partial charge >= 0.3 is 0 Å². The van der Waals surface area contributed by atoms with Gasteiger partial charge in [-0.2, -0.15) is 5.10 Å². The lowest BCUT2D eigenvalue weighted by Gasteiger charge is -2.12. The molecular formula is C28H28N4O2. The Labute approximate surface area is 199 Å². The van der Waals surface area contributed by atoms with Gasteiger partial charge in [0.25, 0.3) is 11.8 Å². The summed E-state index contributed by atoms with van der Waals surface area (Å²) in [5, 5.41) is 10.3. The van der Waals surface area contributed by atoms with Crippen molar-refractivity contribution in [1.82, 2.24) is 15.1 Å². The van der Waals surface area contributed by atoms with Crippen LogP contribution in [0.1, 0.15) is 43.2 Å². The molecule has 0 saturated carbocycles. The predicted octanol–water partition coefficient (Wildman–Crippen LogP) is 4.77. The van der Waals surface area contributed by atoms with Gasteiger partial charge in [-0.25, -0.2) is 0 Å². The van der Waals surface area contributed by atoms with Crippen LogP contribution < -0.4 is 10.6 Å². The highest BCUT2D eigenvalue weighted by atomic mass is 16.2. The van der Waals surface area contributed by atoms with Crippen molar-refractivity contribution in [2.45, 2.75) is 26.8 Å². The van der Waals surface area contributed by atoms with E-state index in [4.69, 9.17) is 0 Å². The number of aromatic nitrogens is 2. The highest BCUT2D eigenvalue weighted by Crippen LogP contribution is 2.17. The third-order valence-corrected chi connectivity index (χ3v) is 5.59. The van der Waals surface area contributed by atoms with Gasteiger partial charge in [0.2, 0.25) is 0 Å². The lowest BCUT2D eigenvalue weighted by molar-refractivity contribution is 0.0955. The van der Waals surface area contributed by atoms with Crippen LogP contribution >= 0.6 is 0 Å². The first kappa shape index (κ1) is 23.0. The maximum absolute atomic E-state index is 13.0. The van der Waals surface area contributed by atoms with Crippen molar-refractivity contribution in [3.05, 3.63) is 119 Å². The summed E-state index contributed by atoms with van der Waals surface area (Å²) >= 11 is 0. The Morgan fingerprint density at radius 3 is 2.32 bits per heavy atom. The maximum Gasteiger partial charge on any atom is 0.255 e. The highest BCUT2D eigenvalue weighted by molar-refractivity contribution is 6.09. The van der Waals surface area contributed by atoms with Crippen molar-refractivity contribution in [2.24, 2.45) is 0 Å². The maximum atomic E-state index is 13.0. The monoisotopic (exact) mass is 452 g/mol. The molecule has 172 valence electrons. The van der Waals surface area contributed by atoms with Crippen LogP contribution in [0.15, 0.2) is 84.9 Å². The normalized spacial score (nSPS) is 10.6. The summed E-state index contributed by atoms with van der Waals surface area (Å²) in [6.07, 6.45) is 0.739. The SMILES string of the molecule is Cc1cc(C)n(Cc2cccc(C(=O)Nc3ccccc3C(=O)NCCc3ccccc3)c2)n1. The second kappa shape index (κ2) is 10.6. The van der Waals surface area contributed by atoms with E-state index in [0.29, 0.717) is 29.9 Å². The summed E-state index contributed by atoms with van der Waals surface area (Å²) in [4.78, 5) is 25.8. The van der Waals surface area contributed by atoms with Crippen molar-refractivity contribution < 1.29 is 9.59 Å². The van der Waals surface area contributed by atoms with Crippen molar-refractivity contribution >= 4 is 17.5 Å². The molecule has 6 nitrogen and oxygen atoms in total. The number of rotatable bonds is 8. The minimum Gasteiger partial charge on any atom is -0.352 e. The average Bonchev–Trinajstić information content (AvgIpc) is 3.16. The number of nitrogens with zero attached hydrogens (tertiary/aromatic N) is 2. The smallest absolute Gasteiger partial charge is 0.255 e. The first-order valence-corrected chi connectivity index (χ1v) is 11.3. The van der Waals surface area contributed by atoms with E-state index in [2.05, 4.69) is 15.7 Å². The molecule has 0 bridgehead atoms. The van der Waals surface area contributed by atoms with E-state index in [-0.39, 0.29) is 11.8 Å². The van der Waals surface area contributed by atoms with Crippen LogP contribution in [0.25, 0.3) is 0 Å². The number of anilines is 1. The van der Waals surface area contributed by atoms with E-state index in [1.807, 2.05) is 73.1 Å². The number of carbonyl (C=O) groups excluding carboxylic acids is 2. The van der Waals surface area contributed by atoms with Gasteiger partial charge in [0.1, 0.15) is 0 Å². The van der Waals surface area contributed by atoms with Crippen LogP contribution in [0.5, 0.6) is 0 Å². The second-order valence-electron chi connectivity index (χ2n) is 8.28. The zero-order valence-electron chi connectivity index (χ0n) is 19.4. The Morgan fingerprint density at radius 1 is 0.824 bits per heavy atom. The van der Waals surface area contributed by atoms with Crippen molar-refractivity contribution in [2.75, 3.05) is 11.9 Å². The lowest BCUT2D eigenvalue weighted by atomic mass is 10.1. The number of hydrogen-bond acceptors (Lipinski definition) is 3. The van der Waals surface area contributed by atoms with E-state index >= 15 is 0 Å². The molecule has 4 aromatic rings. The topological polar surface area (TPSA) is 76.0 Å². The van der Waals surface area contributed by atoms with Gasteiger partial charge in [-0.15, -0.1) is 0 Å². The molecule has 0 aliphatic rings. The third kappa shape index (κ3) is 5.78. The Balaban J connectivity index is 1.42. The van der Waals surface area contributed by atoms with Crippen LogP contribution in [0.2, 0.25) is 0 Å².